The van der Waals surface area contributed by atoms with Crippen molar-refractivity contribution in [1.82, 2.24) is 4.98 Å². The zero-order valence-corrected chi connectivity index (χ0v) is 11.4. The number of nitrogens with zero attached hydrogens (tertiary/aromatic N) is 1. The van der Waals surface area contributed by atoms with Gasteiger partial charge in [0.05, 0.1) is 5.69 Å². The van der Waals surface area contributed by atoms with Gasteiger partial charge in [0.1, 0.15) is 11.7 Å². The summed E-state index contributed by atoms with van der Waals surface area (Å²) in [6.07, 6.45) is 5.00. The van der Waals surface area contributed by atoms with Crippen molar-refractivity contribution in [3.05, 3.63) is 12.1 Å². The summed E-state index contributed by atoms with van der Waals surface area (Å²) in [6, 6.07) is 3.60. The van der Waals surface area contributed by atoms with Gasteiger partial charge < -0.3 is 15.2 Å². The molecule has 0 spiro atoms. The van der Waals surface area contributed by atoms with E-state index in [0.717, 1.165) is 12.8 Å². The van der Waals surface area contributed by atoms with E-state index in [1.165, 1.54) is 12.8 Å². The number of ether oxygens (including phenoxy) is 2. The van der Waals surface area contributed by atoms with Gasteiger partial charge in [0.2, 0.25) is 11.8 Å². The molecule has 0 unspecified atom stereocenters. The fourth-order valence-electron chi connectivity index (χ4n) is 2.05. The van der Waals surface area contributed by atoms with Crippen molar-refractivity contribution in [3.8, 4) is 11.8 Å². The first-order valence-electron chi connectivity index (χ1n) is 6.56. The molecule has 1 aliphatic carbocycles. The number of nitrogen functional groups attached to an aromatic ring is 1. The lowest BCUT2D eigenvalue weighted by atomic mass is 10.2. The molecule has 0 saturated heterocycles. The molecule has 0 aliphatic heterocycles. The van der Waals surface area contributed by atoms with Gasteiger partial charge in [-0.3, -0.25) is 0 Å². The Hall–Kier alpha value is -1.45. The molecule has 1 aromatic rings. The number of aromatic nitrogens is 1. The van der Waals surface area contributed by atoms with Crippen LogP contribution in [0.2, 0.25) is 0 Å². The van der Waals surface area contributed by atoms with Gasteiger partial charge in [-0.05, 0) is 52.5 Å². The minimum Gasteiger partial charge on any atom is -0.474 e. The molecule has 0 aromatic carbocycles. The predicted octanol–water partition coefficient (Wildman–Crippen LogP) is 3.16. The molecule has 100 valence electrons. The van der Waals surface area contributed by atoms with Crippen LogP contribution in [0.3, 0.4) is 0 Å². The Morgan fingerprint density at radius 3 is 2.50 bits per heavy atom. The zero-order chi connectivity index (χ0) is 13.2. The number of hydrogen-bond donors (Lipinski definition) is 1. The van der Waals surface area contributed by atoms with Gasteiger partial charge in [0.25, 0.3) is 0 Å². The molecule has 0 atom stereocenters. The molecule has 0 radical (unpaired) electrons. The molecule has 18 heavy (non-hydrogen) atoms. The van der Waals surface area contributed by atoms with Crippen LogP contribution in [0, 0.1) is 0 Å². The van der Waals surface area contributed by atoms with Crippen molar-refractivity contribution in [3.63, 3.8) is 0 Å². The molecule has 2 rings (SSSR count). The van der Waals surface area contributed by atoms with Gasteiger partial charge in [-0.15, -0.1) is 0 Å². The van der Waals surface area contributed by atoms with E-state index in [0.29, 0.717) is 23.6 Å². The SMILES string of the molecule is CC(C)(C)Oc1nc(OC2CCCC2)ccc1N. The van der Waals surface area contributed by atoms with Gasteiger partial charge in [-0.25, -0.2) is 0 Å². The molecule has 4 nitrogen and oxygen atoms in total. The smallest absolute Gasteiger partial charge is 0.241 e. The summed E-state index contributed by atoms with van der Waals surface area (Å²) in [4.78, 5) is 4.35. The monoisotopic (exact) mass is 250 g/mol. The van der Waals surface area contributed by atoms with Crippen molar-refractivity contribution in [2.75, 3.05) is 5.73 Å². The van der Waals surface area contributed by atoms with Gasteiger partial charge in [0.15, 0.2) is 0 Å². The van der Waals surface area contributed by atoms with Crippen LogP contribution in [0.25, 0.3) is 0 Å². The zero-order valence-electron chi connectivity index (χ0n) is 11.4. The third-order valence-electron chi connectivity index (χ3n) is 2.86. The van der Waals surface area contributed by atoms with Crippen LogP contribution in [-0.4, -0.2) is 16.7 Å². The second-order valence-corrected chi connectivity index (χ2v) is 5.78. The molecule has 2 N–H and O–H groups in total. The normalized spacial score (nSPS) is 16.8. The largest absolute Gasteiger partial charge is 0.474 e. The van der Waals surface area contributed by atoms with E-state index in [9.17, 15) is 0 Å². The number of rotatable bonds is 3. The number of hydrogen-bond acceptors (Lipinski definition) is 4. The van der Waals surface area contributed by atoms with E-state index in [1.54, 1.807) is 6.07 Å². The fraction of sp³-hybridized carbons (Fsp3) is 0.643. The Bertz CT molecular complexity index is 407. The Balaban J connectivity index is 2.10. The van der Waals surface area contributed by atoms with E-state index in [2.05, 4.69) is 4.98 Å². The van der Waals surface area contributed by atoms with Gasteiger partial charge in [0, 0.05) is 6.07 Å². The minimum absolute atomic E-state index is 0.295. The average Bonchev–Trinajstić information content (AvgIpc) is 2.74. The van der Waals surface area contributed by atoms with Crippen molar-refractivity contribution < 1.29 is 9.47 Å². The van der Waals surface area contributed by atoms with Crippen molar-refractivity contribution in [2.24, 2.45) is 0 Å². The summed E-state index contributed by atoms with van der Waals surface area (Å²) in [5.41, 5.74) is 6.09. The number of anilines is 1. The maximum Gasteiger partial charge on any atom is 0.241 e. The molecule has 0 amide bonds. The third-order valence-corrected chi connectivity index (χ3v) is 2.86. The first-order chi connectivity index (χ1) is 8.44. The van der Waals surface area contributed by atoms with Crippen LogP contribution in [0.15, 0.2) is 12.1 Å². The first kappa shape index (κ1) is 13.0. The Morgan fingerprint density at radius 1 is 1.22 bits per heavy atom. The van der Waals surface area contributed by atoms with Gasteiger partial charge >= 0.3 is 0 Å². The summed E-state index contributed by atoms with van der Waals surface area (Å²) in [5, 5.41) is 0. The highest BCUT2D eigenvalue weighted by molar-refractivity contribution is 5.49. The predicted molar refractivity (Wildman–Crippen MR) is 71.9 cm³/mol. The van der Waals surface area contributed by atoms with E-state index in [1.807, 2.05) is 26.8 Å². The fourth-order valence-corrected chi connectivity index (χ4v) is 2.05. The second kappa shape index (κ2) is 5.04. The maximum atomic E-state index is 5.86. The highest BCUT2D eigenvalue weighted by Gasteiger charge is 2.19. The molecule has 1 aliphatic rings. The van der Waals surface area contributed by atoms with E-state index >= 15 is 0 Å². The summed E-state index contributed by atoms with van der Waals surface area (Å²) in [7, 11) is 0. The van der Waals surface area contributed by atoms with Crippen molar-refractivity contribution in [1.29, 1.82) is 0 Å². The van der Waals surface area contributed by atoms with Crippen molar-refractivity contribution in [2.45, 2.75) is 58.2 Å². The first-order valence-corrected chi connectivity index (χ1v) is 6.56. The molecule has 1 fully saturated rings. The molecule has 1 saturated carbocycles. The lowest BCUT2D eigenvalue weighted by molar-refractivity contribution is 0.122. The summed E-state index contributed by atoms with van der Waals surface area (Å²) >= 11 is 0. The summed E-state index contributed by atoms with van der Waals surface area (Å²) in [6.45, 7) is 5.91. The quantitative estimate of drug-likeness (QED) is 0.895. The molecule has 1 heterocycles. The lowest BCUT2D eigenvalue weighted by Gasteiger charge is -2.22. The van der Waals surface area contributed by atoms with Crippen LogP contribution >= 0.6 is 0 Å². The molecular weight excluding hydrogens is 228 g/mol. The second-order valence-electron chi connectivity index (χ2n) is 5.78. The van der Waals surface area contributed by atoms with Crippen LogP contribution in [0.1, 0.15) is 46.5 Å². The molecule has 0 bridgehead atoms. The van der Waals surface area contributed by atoms with Gasteiger partial charge in [-0.1, -0.05) is 0 Å². The van der Waals surface area contributed by atoms with E-state index in [4.69, 9.17) is 15.2 Å². The van der Waals surface area contributed by atoms with Crippen molar-refractivity contribution >= 4 is 5.69 Å². The summed E-state index contributed by atoms with van der Waals surface area (Å²) < 4.78 is 11.6. The Kier molecular flexibility index (Phi) is 3.64. The average molecular weight is 250 g/mol. The summed E-state index contributed by atoms with van der Waals surface area (Å²) in [5.74, 6) is 1.06. The molecule has 4 heteroatoms. The van der Waals surface area contributed by atoms with Crippen LogP contribution in [0.4, 0.5) is 5.69 Å². The minimum atomic E-state index is -0.312. The number of pyridine rings is 1. The van der Waals surface area contributed by atoms with E-state index < -0.39 is 0 Å². The lowest BCUT2D eigenvalue weighted by Crippen LogP contribution is -2.24. The van der Waals surface area contributed by atoms with Gasteiger partial charge in [-0.2, -0.15) is 4.98 Å². The number of nitrogens with two attached hydrogens (primary N) is 1. The molecule has 1 aromatic heterocycles. The molecular formula is C14H22N2O2. The maximum absolute atomic E-state index is 5.86. The Morgan fingerprint density at radius 2 is 1.89 bits per heavy atom. The van der Waals surface area contributed by atoms with Crippen LogP contribution in [0.5, 0.6) is 11.8 Å². The highest BCUT2D eigenvalue weighted by atomic mass is 16.5. The van der Waals surface area contributed by atoms with Crippen LogP contribution < -0.4 is 15.2 Å². The van der Waals surface area contributed by atoms with Crippen LogP contribution in [-0.2, 0) is 0 Å². The standard InChI is InChI=1S/C14H22N2O2/c1-14(2,3)18-13-11(15)8-9-12(16-13)17-10-6-4-5-7-10/h8-10H,4-7,15H2,1-3H3. The topological polar surface area (TPSA) is 57.4 Å². The third kappa shape index (κ3) is 3.52. The Labute approximate surface area is 108 Å². The highest BCUT2D eigenvalue weighted by Crippen LogP contribution is 2.28. The van der Waals surface area contributed by atoms with E-state index in [-0.39, 0.29) is 5.60 Å².